The molecule has 2 nitrogen and oxygen atoms in total. The van der Waals surface area contributed by atoms with Gasteiger partial charge in [-0.3, -0.25) is 11.3 Å². The summed E-state index contributed by atoms with van der Waals surface area (Å²) in [5, 5.41) is 0. The Morgan fingerprint density at radius 3 is 2.42 bits per heavy atom. The zero-order chi connectivity index (χ0) is 14.1. The van der Waals surface area contributed by atoms with Gasteiger partial charge in [0.15, 0.2) is 0 Å². The van der Waals surface area contributed by atoms with E-state index >= 15 is 0 Å². The maximum Gasteiger partial charge on any atom is 0.248 e. The van der Waals surface area contributed by atoms with Gasteiger partial charge in [-0.1, -0.05) is 20.3 Å². The number of nitrogens with two attached hydrogens (primary N) is 1. The highest BCUT2D eigenvalue weighted by atomic mass is 19.3. The third kappa shape index (κ3) is 3.66. The molecule has 0 heterocycles. The molecule has 0 aromatic carbocycles. The summed E-state index contributed by atoms with van der Waals surface area (Å²) >= 11 is 0. The molecule has 2 aliphatic carbocycles. The van der Waals surface area contributed by atoms with Crippen LogP contribution in [0.25, 0.3) is 0 Å². The summed E-state index contributed by atoms with van der Waals surface area (Å²) < 4.78 is 27.0. The highest BCUT2D eigenvalue weighted by molar-refractivity contribution is 4.93. The van der Waals surface area contributed by atoms with Crippen LogP contribution in [-0.2, 0) is 0 Å². The molecular weight excluding hydrogens is 246 g/mol. The van der Waals surface area contributed by atoms with Crippen LogP contribution in [0, 0.1) is 17.3 Å². The van der Waals surface area contributed by atoms with Crippen molar-refractivity contribution < 1.29 is 8.78 Å². The highest BCUT2D eigenvalue weighted by Gasteiger charge is 2.42. The Morgan fingerprint density at radius 1 is 1.21 bits per heavy atom. The molecule has 0 aliphatic heterocycles. The second-order valence-corrected chi connectivity index (χ2v) is 7.31. The number of hydrogen-bond acceptors (Lipinski definition) is 2. The fourth-order valence-corrected chi connectivity index (χ4v) is 4.28. The summed E-state index contributed by atoms with van der Waals surface area (Å²) in [6, 6.07) is 0.191. The second-order valence-electron chi connectivity index (χ2n) is 7.31. The van der Waals surface area contributed by atoms with E-state index in [9.17, 15) is 8.78 Å². The number of hydrogen-bond donors (Lipinski definition) is 2. The Labute approximate surface area is 115 Å². The molecule has 2 aliphatic rings. The van der Waals surface area contributed by atoms with Crippen molar-refractivity contribution in [3.05, 3.63) is 0 Å². The van der Waals surface area contributed by atoms with Crippen molar-refractivity contribution in [2.75, 3.05) is 0 Å². The van der Waals surface area contributed by atoms with Gasteiger partial charge in [-0.05, 0) is 49.4 Å². The largest absolute Gasteiger partial charge is 0.271 e. The van der Waals surface area contributed by atoms with E-state index < -0.39 is 5.92 Å². The first-order valence-electron chi connectivity index (χ1n) is 7.68. The van der Waals surface area contributed by atoms with E-state index in [4.69, 9.17) is 5.84 Å². The fourth-order valence-electron chi connectivity index (χ4n) is 4.28. The van der Waals surface area contributed by atoms with Gasteiger partial charge >= 0.3 is 0 Å². The monoisotopic (exact) mass is 274 g/mol. The zero-order valence-corrected chi connectivity index (χ0v) is 12.2. The minimum Gasteiger partial charge on any atom is -0.271 e. The molecule has 0 aromatic heterocycles. The van der Waals surface area contributed by atoms with Crippen LogP contribution in [0.5, 0.6) is 0 Å². The van der Waals surface area contributed by atoms with E-state index in [0.29, 0.717) is 12.3 Å². The first-order valence-corrected chi connectivity index (χ1v) is 7.68. The molecule has 0 amide bonds. The van der Waals surface area contributed by atoms with Crippen LogP contribution in [0.4, 0.5) is 8.78 Å². The van der Waals surface area contributed by atoms with Gasteiger partial charge in [-0.2, -0.15) is 0 Å². The number of halogens is 2. The van der Waals surface area contributed by atoms with Crippen molar-refractivity contribution in [2.45, 2.75) is 77.2 Å². The molecule has 0 saturated heterocycles. The van der Waals surface area contributed by atoms with Gasteiger partial charge in [-0.25, -0.2) is 8.78 Å². The summed E-state index contributed by atoms with van der Waals surface area (Å²) in [4.78, 5) is 0. The van der Waals surface area contributed by atoms with Gasteiger partial charge in [0.2, 0.25) is 5.92 Å². The molecule has 2 fully saturated rings. The van der Waals surface area contributed by atoms with Crippen LogP contribution >= 0.6 is 0 Å². The fraction of sp³-hybridized carbons (Fsp3) is 1.00. The molecule has 3 atom stereocenters. The Balaban J connectivity index is 1.95. The first-order chi connectivity index (χ1) is 8.84. The van der Waals surface area contributed by atoms with Crippen molar-refractivity contribution >= 4 is 0 Å². The molecule has 2 saturated carbocycles. The number of rotatable bonds is 4. The molecule has 0 aromatic rings. The zero-order valence-electron chi connectivity index (χ0n) is 12.2. The quantitative estimate of drug-likeness (QED) is 0.603. The lowest BCUT2D eigenvalue weighted by atomic mass is 9.73. The molecule has 112 valence electrons. The molecule has 3 unspecified atom stereocenters. The van der Waals surface area contributed by atoms with Crippen LogP contribution < -0.4 is 11.3 Å². The van der Waals surface area contributed by atoms with E-state index in [-0.39, 0.29) is 30.2 Å². The topological polar surface area (TPSA) is 38.0 Å². The average Bonchev–Trinajstić information content (AvgIpc) is 2.64. The van der Waals surface area contributed by atoms with Crippen LogP contribution in [0.3, 0.4) is 0 Å². The Bertz CT molecular complexity index is 305. The lowest BCUT2D eigenvalue weighted by molar-refractivity contribution is -0.0563. The summed E-state index contributed by atoms with van der Waals surface area (Å²) in [6.07, 6.45) is 6.14. The van der Waals surface area contributed by atoms with E-state index in [2.05, 4.69) is 19.3 Å². The van der Waals surface area contributed by atoms with Crippen molar-refractivity contribution in [3.8, 4) is 0 Å². The minimum absolute atomic E-state index is 0.0539. The molecule has 0 radical (unpaired) electrons. The van der Waals surface area contributed by atoms with Gasteiger partial charge in [0.05, 0.1) is 0 Å². The van der Waals surface area contributed by atoms with Crippen LogP contribution in [-0.4, -0.2) is 12.0 Å². The van der Waals surface area contributed by atoms with E-state index in [1.54, 1.807) is 0 Å². The maximum atomic E-state index is 13.5. The van der Waals surface area contributed by atoms with Crippen LogP contribution in [0.1, 0.15) is 65.2 Å². The number of nitrogens with one attached hydrogen (secondary N) is 1. The van der Waals surface area contributed by atoms with Crippen LogP contribution in [0.15, 0.2) is 0 Å². The normalized spacial score (nSPS) is 35.2. The predicted octanol–water partition coefficient (Wildman–Crippen LogP) is 3.86. The lowest BCUT2D eigenvalue weighted by Crippen LogP contribution is -2.46. The summed E-state index contributed by atoms with van der Waals surface area (Å²) in [5.74, 6) is 3.92. The molecular formula is C15H28F2N2. The summed E-state index contributed by atoms with van der Waals surface area (Å²) in [7, 11) is 0. The molecule has 2 rings (SSSR count). The van der Waals surface area contributed by atoms with E-state index in [0.717, 1.165) is 12.8 Å². The van der Waals surface area contributed by atoms with Gasteiger partial charge in [0.1, 0.15) is 0 Å². The summed E-state index contributed by atoms with van der Waals surface area (Å²) in [5.41, 5.74) is 3.22. The van der Waals surface area contributed by atoms with E-state index in [1.165, 1.54) is 19.3 Å². The SMILES string of the molecule is CC1(C)CCCC1C(CC1CCCC(F)(F)C1)NN. The molecule has 0 bridgehead atoms. The van der Waals surface area contributed by atoms with Crippen molar-refractivity contribution in [3.63, 3.8) is 0 Å². The third-order valence-corrected chi connectivity index (χ3v) is 5.37. The number of alkyl halides is 2. The van der Waals surface area contributed by atoms with Gasteiger partial charge < -0.3 is 0 Å². The third-order valence-electron chi connectivity index (χ3n) is 5.37. The Morgan fingerprint density at radius 2 is 1.89 bits per heavy atom. The molecule has 19 heavy (non-hydrogen) atoms. The van der Waals surface area contributed by atoms with Crippen molar-refractivity contribution in [1.82, 2.24) is 5.43 Å². The Kier molecular flexibility index (Phi) is 4.51. The van der Waals surface area contributed by atoms with Crippen molar-refractivity contribution in [1.29, 1.82) is 0 Å². The number of hydrazine groups is 1. The minimum atomic E-state index is -2.45. The summed E-state index contributed by atoms with van der Waals surface area (Å²) in [6.45, 7) is 4.56. The lowest BCUT2D eigenvalue weighted by Gasteiger charge is -2.37. The maximum absolute atomic E-state index is 13.5. The molecule has 0 spiro atoms. The average molecular weight is 274 g/mol. The van der Waals surface area contributed by atoms with Gasteiger partial charge in [-0.15, -0.1) is 0 Å². The highest BCUT2D eigenvalue weighted by Crippen LogP contribution is 2.47. The predicted molar refractivity (Wildman–Crippen MR) is 73.8 cm³/mol. The van der Waals surface area contributed by atoms with Gasteiger partial charge in [0.25, 0.3) is 0 Å². The Hall–Kier alpha value is -0.220. The molecule has 4 heteroatoms. The standard InChI is InChI=1S/C15H28F2N2/c1-14(2)7-4-6-12(14)13(19-18)9-11-5-3-8-15(16,17)10-11/h11-13,19H,3-10,18H2,1-2H3. The molecule has 3 N–H and O–H groups in total. The van der Waals surface area contributed by atoms with Crippen LogP contribution in [0.2, 0.25) is 0 Å². The van der Waals surface area contributed by atoms with Gasteiger partial charge in [0, 0.05) is 18.9 Å². The first kappa shape index (κ1) is 15.2. The van der Waals surface area contributed by atoms with E-state index in [1.807, 2.05) is 0 Å². The smallest absolute Gasteiger partial charge is 0.248 e. The second kappa shape index (κ2) is 5.65. The van der Waals surface area contributed by atoms with Crippen molar-refractivity contribution in [2.24, 2.45) is 23.1 Å².